The van der Waals surface area contributed by atoms with Crippen molar-refractivity contribution in [3.8, 4) is 0 Å². The van der Waals surface area contributed by atoms with Crippen molar-refractivity contribution in [1.29, 1.82) is 0 Å². The van der Waals surface area contributed by atoms with Gasteiger partial charge in [-0.05, 0) is 31.8 Å². The molecule has 0 saturated heterocycles. The van der Waals surface area contributed by atoms with Crippen LogP contribution in [0.4, 0.5) is 0 Å². The van der Waals surface area contributed by atoms with E-state index in [0.717, 1.165) is 31.2 Å². The normalized spacial score (nSPS) is 14.2. The average molecular weight is 303 g/mol. The number of guanidine groups is 1. The fourth-order valence-electron chi connectivity index (χ4n) is 2.22. The molecule has 0 radical (unpaired) electrons. The van der Waals surface area contributed by atoms with Gasteiger partial charge in [0.1, 0.15) is 0 Å². The number of benzene rings is 1. The first-order chi connectivity index (χ1) is 10.6. The first-order valence-corrected chi connectivity index (χ1v) is 7.57. The van der Waals surface area contributed by atoms with Crippen LogP contribution in [-0.2, 0) is 6.54 Å². The fraction of sp³-hybridized carbons (Fsp3) is 0.500. The van der Waals surface area contributed by atoms with Crippen molar-refractivity contribution in [2.45, 2.75) is 6.54 Å². The molecule has 1 aliphatic heterocycles. The Balaban J connectivity index is 1.87. The van der Waals surface area contributed by atoms with Gasteiger partial charge in [-0.2, -0.15) is 0 Å². The number of likely N-dealkylation sites (N-methyl/N-ethyl adjacent to an activating group) is 2. The van der Waals surface area contributed by atoms with Gasteiger partial charge in [0.2, 0.25) is 0 Å². The van der Waals surface area contributed by atoms with Crippen molar-refractivity contribution in [2.75, 3.05) is 47.3 Å². The Morgan fingerprint density at radius 1 is 1.41 bits per heavy atom. The van der Waals surface area contributed by atoms with Crippen LogP contribution >= 0.6 is 0 Å². The molecule has 0 saturated carbocycles. The molecule has 22 heavy (non-hydrogen) atoms. The number of aliphatic imine (C=N–C) groups is 1. The van der Waals surface area contributed by atoms with E-state index >= 15 is 0 Å². The number of nitrogens with one attached hydrogen (secondary N) is 2. The number of carbonyl (C=O) groups excluding carboxylic acids is 1. The Kier molecular flexibility index (Phi) is 5.77. The third-order valence-corrected chi connectivity index (χ3v) is 3.54. The highest BCUT2D eigenvalue weighted by Gasteiger charge is 2.12. The molecule has 0 atom stereocenters. The minimum atomic E-state index is -0.0287. The van der Waals surface area contributed by atoms with E-state index in [1.54, 1.807) is 0 Å². The van der Waals surface area contributed by atoms with E-state index in [1.807, 2.05) is 50.3 Å². The average Bonchev–Trinajstić information content (AvgIpc) is 2.90. The molecule has 1 aromatic rings. The summed E-state index contributed by atoms with van der Waals surface area (Å²) in [6.45, 7) is 3.95. The second-order valence-electron chi connectivity index (χ2n) is 5.74. The van der Waals surface area contributed by atoms with Crippen molar-refractivity contribution in [2.24, 2.45) is 4.99 Å². The van der Waals surface area contributed by atoms with Gasteiger partial charge in [0.15, 0.2) is 5.96 Å². The molecular weight excluding hydrogens is 278 g/mol. The second kappa shape index (κ2) is 7.79. The molecule has 0 spiro atoms. The lowest BCUT2D eigenvalue weighted by atomic mass is 10.1. The number of hydrogen-bond donors (Lipinski definition) is 2. The van der Waals surface area contributed by atoms with Crippen LogP contribution in [0.1, 0.15) is 15.9 Å². The molecule has 0 bridgehead atoms. The van der Waals surface area contributed by atoms with Gasteiger partial charge < -0.3 is 20.4 Å². The lowest BCUT2D eigenvalue weighted by Gasteiger charge is -2.15. The van der Waals surface area contributed by atoms with Gasteiger partial charge in [-0.3, -0.25) is 9.79 Å². The van der Waals surface area contributed by atoms with Gasteiger partial charge in [-0.1, -0.05) is 12.1 Å². The third kappa shape index (κ3) is 4.73. The van der Waals surface area contributed by atoms with Gasteiger partial charge in [-0.15, -0.1) is 0 Å². The van der Waals surface area contributed by atoms with Crippen molar-refractivity contribution in [3.05, 3.63) is 35.4 Å². The molecule has 1 aromatic carbocycles. The smallest absolute Gasteiger partial charge is 0.251 e. The fourth-order valence-corrected chi connectivity index (χ4v) is 2.22. The first kappa shape index (κ1) is 16.3. The van der Waals surface area contributed by atoms with Crippen LogP contribution in [0.25, 0.3) is 0 Å². The van der Waals surface area contributed by atoms with E-state index in [1.165, 1.54) is 0 Å². The Morgan fingerprint density at radius 2 is 2.23 bits per heavy atom. The monoisotopic (exact) mass is 303 g/mol. The van der Waals surface area contributed by atoms with Gasteiger partial charge in [0.25, 0.3) is 5.91 Å². The molecule has 2 rings (SSSR count). The largest absolute Gasteiger partial charge is 0.352 e. The molecule has 0 fully saturated rings. The predicted molar refractivity (Wildman–Crippen MR) is 89.1 cm³/mol. The second-order valence-corrected chi connectivity index (χ2v) is 5.74. The lowest BCUT2D eigenvalue weighted by molar-refractivity contribution is 0.0951. The Bertz CT molecular complexity index is 541. The summed E-state index contributed by atoms with van der Waals surface area (Å²) in [5.41, 5.74) is 1.77. The highest BCUT2D eigenvalue weighted by Crippen LogP contribution is 2.06. The maximum Gasteiger partial charge on any atom is 0.251 e. The summed E-state index contributed by atoms with van der Waals surface area (Å²) in [6, 6.07) is 7.69. The molecule has 0 aromatic heterocycles. The molecule has 1 heterocycles. The van der Waals surface area contributed by atoms with Gasteiger partial charge in [0, 0.05) is 38.8 Å². The van der Waals surface area contributed by atoms with Crippen molar-refractivity contribution in [3.63, 3.8) is 0 Å². The summed E-state index contributed by atoms with van der Waals surface area (Å²) in [5.74, 6) is 0.889. The van der Waals surface area contributed by atoms with Crippen LogP contribution < -0.4 is 10.6 Å². The Morgan fingerprint density at radius 3 is 2.91 bits per heavy atom. The summed E-state index contributed by atoms with van der Waals surface area (Å²) >= 11 is 0. The van der Waals surface area contributed by atoms with E-state index < -0.39 is 0 Å². The number of amides is 1. The summed E-state index contributed by atoms with van der Waals surface area (Å²) in [4.78, 5) is 20.6. The number of hydrogen-bond acceptors (Lipinski definition) is 5. The minimum absolute atomic E-state index is 0.0287. The summed E-state index contributed by atoms with van der Waals surface area (Å²) < 4.78 is 0. The highest BCUT2D eigenvalue weighted by molar-refractivity contribution is 5.94. The molecule has 1 aliphatic rings. The van der Waals surface area contributed by atoms with Crippen LogP contribution in [0.2, 0.25) is 0 Å². The predicted octanol–water partition coefficient (Wildman–Crippen LogP) is 0.369. The number of carbonyl (C=O) groups is 1. The maximum absolute atomic E-state index is 12.1. The molecule has 120 valence electrons. The quantitative estimate of drug-likeness (QED) is 0.797. The number of rotatable bonds is 6. The van der Waals surface area contributed by atoms with Crippen LogP contribution in [0.5, 0.6) is 0 Å². The van der Waals surface area contributed by atoms with Gasteiger partial charge in [0.05, 0.1) is 6.54 Å². The SMILES string of the molecule is CN(C)CCNC(=O)c1cccc(CNC2=NCCN2C)c1. The minimum Gasteiger partial charge on any atom is -0.352 e. The summed E-state index contributed by atoms with van der Waals surface area (Å²) in [7, 11) is 6.00. The van der Waals surface area contributed by atoms with E-state index in [0.29, 0.717) is 18.7 Å². The topological polar surface area (TPSA) is 60.0 Å². The van der Waals surface area contributed by atoms with Crippen molar-refractivity contribution in [1.82, 2.24) is 20.4 Å². The van der Waals surface area contributed by atoms with Crippen LogP contribution in [0.3, 0.4) is 0 Å². The standard InChI is InChI=1S/C16H25N5O/c1-20(2)9-7-17-15(22)14-6-4-5-13(11-14)12-19-16-18-8-10-21(16)3/h4-6,11H,7-10,12H2,1-3H3,(H,17,22)(H,18,19). The molecule has 2 N–H and O–H groups in total. The molecule has 6 nitrogen and oxygen atoms in total. The summed E-state index contributed by atoms with van der Waals surface area (Å²) in [5, 5.41) is 6.24. The first-order valence-electron chi connectivity index (χ1n) is 7.57. The zero-order valence-corrected chi connectivity index (χ0v) is 13.6. The van der Waals surface area contributed by atoms with Gasteiger partial charge in [-0.25, -0.2) is 0 Å². The zero-order valence-electron chi connectivity index (χ0n) is 13.6. The molecule has 6 heteroatoms. The van der Waals surface area contributed by atoms with E-state index in [4.69, 9.17) is 0 Å². The molecular formula is C16H25N5O. The number of nitrogens with zero attached hydrogens (tertiary/aromatic N) is 3. The third-order valence-electron chi connectivity index (χ3n) is 3.54. The zero-order chi connectivity index (χ0) is 15.9. The maximum atomic E-state index is 12.1. The highest BCUT2D eigenvalue weighted by atomic mass is 16.1. The van der Waals surface area contributed by atoms with E-state index in [2.05, 4.69) is 20.5 Å². The molecule has 1 amide bonds. The van der Waals surface area contributed by atoms with Crippen LogP contribution in [0, 0.1) is 0 Å². The van der Waals surface area contributed by atoms with Crippen molar-refractivity contribution < 1.29 is 4.79 Å². The van der Waals surface area contributed by atoms with E-state index in [-0.39, 0.29) is 5.91 Å². The Labute approximate surface area is 132 Å². The van der Waals surface area contributed by atoms with Crippen LogP contribution in [-0.4, -0.2) is 69.0 Å². The summed E-state index contributed by atoms with van der Waals surface area (Å²) in [6.07, 6.45) is 0. The van der Waals surface area contributed by atoms with Crippen molar-refractivity contribution >= 4 is 11.9 Å². The van der Waals surface area contributed by atoms with Gasteiger partial charge >= 0.3 is 0 Å². The van der Waals surface area contributed by atoms with Crippen LogP contribution in [0.15, 0.2) is 29.3 Å². The molecule has 0 unspecified atom stereocenters. The Hall–Kier alpha value is -2.08. The molecule has 0 aliphatic carbocycles. The lowest BCUT2D eigenvalue weighted by Crippen LogP contribution is -2.35. The van der Waals surface area contributed by atoms with E-state index in [9.17, 15) is 4.79 Å².